The minimum absolute atomic E-state index is 0.224. The summed E-state index contributed by atoms with van der Waals surface area (Å²) < 4.78 is 6.68. The molecule has 0 saturated heterocycles. The molecule has 0 amide bonds. The van der Waals surface area contributed by atoms with Gasteiger partial charge >= 0.3 is 5.76 Å². The molecule has 24 heavy (non-hydrogen) atoms. The van der Waals surface area contributed by atoms with Crippen molar-refractivity contribution in [3.05, 3.63) is 28.7 Å². The van der Waals surface area contributed by atoms with Gasteiger partial charge in [0.15, 0.2) is 5.58 Å². The van der Waals surface area contributed by atoms with Crippen molar-refractivity contribution in [1.29, 1.82) is 0 Å². The highest BCUT2D eigenvalue weighted by Crippen LogP contribution is 2.39. The molecule has 1 spiro atoms. The Labute approximate surface area is 138 Å². The first-order valence-electron chi connectivity index (χ1n) is 8.09. The fourth-order valence-electron chi connectivity index (χ4n) is 3.75. The number of guanidine groups is 2. The molecule has 0 bridgehead atoms. The van der Waals surface area contributed by atoms with Gasteiger partial charge in [-0.1, -0.05) is 6.42 Å². The third-order valence-corrected chi connectivity index (χ3v) is 4.88. The van der Waals surface area contributed by atoms with Gasteiger partial charge in [-0.05, 0) is 43.9 Å². The van der Waals surface area contributed by atoms with Crippen molar-refractivity contribution in [2.45, 2.75) is 37.8 Å². The summed E-state index contributed by atoms with van der Waals surface area (Å²) in [6.07, 6.45) is 5.04. The number of hydrogen-bond acceptors (Lipinski definition) is 7. The topological polar surface area (TPSA) is 115 Å². The Bertz CT molecular complexity index is 916. The van der Waals surface area contributed by atoms with Crippen molar-refractivity contribution < 1.29 is 4.42 Å². The summed E-state index contributed by atoms with van der Waals surface area (Å²) >= 11 is 0. The van der Waals surface area contributed by atoms with Gasteiger partial charge in [0.1, 0.15) is 5.66 Å². The number of anilines is 1. The number of nitrogens with zero attached hydrogens (tertiary/aromatic N) is 4. The van der Waals surface area contributed by atoms with E-state index in [9.17, 15) is 4.79 Å². The molecular formula is C16H20N6O2. The molecule has 1 aromatic carbocycles. The first kappa shape index (κ1) is 14.8. The standard InChI is InChI=1S/C16H20N6O2/c1-21-11-9-10(5-6-12(11)24-15(21)23)22-14(18)19-13(17)20-16(22)7-3-2-4-8-16/h5-6,9H,2-4,7-8H2,1H3,(H4,17,18,19,20). The van der Waals surface area contributed by atoms with Crippen LogP contribution < -0.4 is 22.1 Å². The fraction of sp³-hybridized carbons (Fsp3) is 0.438. The Morgan fingerprint density at radius 1 is 1.21 bits per heavy atom. The molecule has 8 nitrogen and oxygen atoms in total. The van der Waals surface area contributed by atoms with Crippen molar-refractivity contribution in [3.63, 3.8) is 0 Å². The van der Waals surface area contributed by atoms with Crippen molar-refractivity contribution in [2.24, 2.45) is 28.5 Å². The summed E-state index contributed by atoms with van der Waals surface area (Å²) in [5, 5.41) is 0. The van der Waals surface area contributed by atoms with Crippen LogP contribution in [0.25, 0.3) is 11.1 Å². The second kappa shape index (κ2) is 5.12. The average molecular weight is 328 g/mol. The molecule has 1 aromatic heterocycles. The van der Waals surface area contributed by atoms with Gasteiger partial charge in [0.2, 0.25) is 11.9 Å². The summed E-state index contributed by atoms with van der Waals surface area (Å²) in [4.78, 5) is 22.5. The van der Waals surface area contributed by atoms with E-state index in [0.717, 1.165) is 31.4 Å². The molecule has 126 valence electrons. The van der Waals surface area contributed by atoms with Gasteiger partial charge in [-0.25, -0.2) is 9.79 Å². The molecular weight excluding hydrogens is 308 g/mol. The second-order valence-electron chi connectivity index (χ2n) is 6.40. The number of oxazole rings is 1. The van der Waals surface area contributed by atoms with Crippen LogP contribution in [0.3, 0.4) is 0 Å². The van der Waals surface area contributed by atoms with Crippen molar-refractivity contribution >= 4 is 28.7 Å². The van der Waals surface area contributed by atoms with Gasteiger partial charge in [0.25, 0.3) is 0 Å². The maximum Gasteiger partial charge on any atom is 0.419 e. The van der Waals surface area contributed by atoms with Crippen molar-refractivity contribution in [3.8, 4) is 0 Å². The summed E-state index contributed by atoms with van der Waals surface area (Å²) in [7, 11) is 1.68. The van der Waals surface area contributed by atoms with E-state index in [0.29, 0.717) is 17.1 Å². The van der Waals surface area contributed by atoms with Gasteiger partial charge in [-0.2, -0.15) is 4.99 Å². The molecule has 8 heteroatoms. The van der Waals surface area contributed by atoms with Crippen LogP contribution in [0.1, 0.15) is 32.1 Å². The smallest absolute Gasteiger partial charge is 0.408 e. The second-order valence-corrected chi connectivity index (χ2v) is 6.40. The van der Waals surface area contributed by atoms with E-state index in [1.54, 1.807) is 13.1 Å². The third kappa shape index (κ3) is 2.10. The molecule has 2 heterocycles. The number of benzene rings is 1. The molecule has 2 aliphatic rings. The zero-order valence-corrected chi connectivity index (χ0v) is 13.5. The minimum atomic E-state index is -0.496. The van der Waals surface area contributed by atoms with Crippen LogP contribution in [-0.4, -0.2) is 22.1 Å². The van der Waals surface area contributed by atoms with Crippen LogP contribution in [0.15, 0.2) is 37.4 Å². The summed E-state index contributed by atoms with van der Waals surface area (Å²) in [6.45, 7) is 0. The first-order chi connectivity index (χ1) is 11.5. The zero-order chi connectivity index (χ0) is 16.9. The Morgan fingerprint density at radius 3 is 2.71 bits per heavy atom. The highest BCUT2D eigenvalue weighted by atomic mass is 16.4. The number of nitrogens with two attached hydrogens (primary N) is 2. The number of hydrogen-bond donors (Lipinski definition) is 2. The quantitative estimate of drug-likeness (QED) is 0.817. The van der Waals surface area contributed by atoms with Crippen LogP contribution >= 0.6 is 0 Å². The van der Waals surface area contributed by atoms with Gasteiger partial charge in [0, 0.05) is 12.7 Å². The van der Waals surface area contributed by atoms with Gasteiger partial charge < -0.3 is 15.9 Å². The van der Waals surface area contributed by atoms with Crippen LogP contribution in [0.2, 0.25) is 0 Å². The van der Waals surface area contributed by atoms with E-state index in [2.05, 4.69) is 9.98 Å². The lowest BCUT2D eigenvalue weighted by molar-refractivity contribution is 0.305. The highest BCUT2D eigenvalue weighted by Gasteiger charge is 2.42. The predicted molar refractivity (Wildman–Crippen MR) is 93.0 cm³/mol. The summed E-state index contributed by atoms with van der Waals surface area (Å²) in [5.41, 5.74) is 13.7. The van der Waals surface area contributed by atoms with Crippen molar-refractivity contribution in [1.82, 2.24) is 4.57 Å². The molecule has 0 unspecified atom stereocenters. The van der Waals surface area contributed by atoms with Gasteiger partial charge in [0.05, 0.1) is 5.52 Å². The fourth-order valence-corrected chi connectivity index (χ4v) is 3.75. The van der Waals surface area contributed by atoms with Crippen LogP contribution in [-0.2, 0) is 7.05 Å². The largest absolute Gasteiger partial charge is 0.419 e. The van der Waals surface area contributed by atoms with Gasteiger partial charge in [-0.3, -0.25) is 9.47 Å². The predicted octanol–water partition coefficient (Wildman–Crippen LogP) is 1.24. The normalized spacial score (nSPS) is 20.3. The SMILES string of the molecule is Cn1c(=O)oc2ccc(N3C(N)=NC(N)=NC34CCCCC4)cc21. The summed E-state index contributed by atoms with van der Waals surface area (Å²) in [5.74, 6) is 0.164. The van der Waals surface area contributed by atoms with Crippen LogP contribution in [0.4, 0.5) is 5.69 Å². The minimum Gasteiger partial charge on any atom is -0.408 e. The number of aromatic nitrogens is 1. The molecule has 4 rings (SSSR count). The molecule has 0 atom stereocenters. The van der Waals surface area contributed by atoms with Crippen LogP contribution in [0.5, 0.6) is 0 Å². The monoisotopic (exact) mass is 328 g/mol. The number of rotatable bonds is 1. The van der Waals surface area contributed by atoms with E-state index >= 15 is 0 Å². The lowest BCUT2D eigenvalue weighted by Gasteiger charge is -2.45. The van der Waals surface area contributed by atoms with Crippen molar-refractivity contribution in [2.75, 3.05) is 4.90 Å². The molecule has 0 radical (unpaired) electrons. The van der Waals surface area contributed by atoms with E-state index in [4.69, 9.17) is 15.9 Å². The average Bonchev–Trinajstić information content (AvgIpc) is 2.82. The maximum atomic E-state index is 11.7. The molecule has 4 N–H and O–H groups in total. The Kier molecular flexibility index (Phi) is 3.16. The number of aliphatic imine (C=N–C) groups is 2. The van der Waals surface area contributed by atoms with E-state index < -0.39 is 11.4 Å². The lowest BCUT2D eigenvalue weighted by atomic mass is 9.87. The van der Waals surface area contributed by atoms with E-state index in [-0.39, 0.29) is 5.96 Å². The highest BCUT2D eigenvalue weighted by molar-refractivity contribution is 6.06. The molecule has 1 aliphatic carbocycles. The molecule has 1 fully saturated rings. The lowest BCUT2D eigenvalue weighted by Crippen LogP contribution is -2.58. The Balaban J connectivity index is 1.88. The summed E-state index contributed by atoms with van der Waals surface area (Å²) in [6, 6.07) is 5.54. The third-order valence-electron chi connectivity index (χ3n) is 4.88. The van der Waals surface area contributed by atoms with Crippen LogP contribution in [0, 0.1) is 0 Å². The van der Waals surface area contributed by atoms with E-state index in [1.165, 1.54) is 11.0 Å². The van der Waals surface area contributed by atoms with Gasteiger partial charge in [-0.15, -0.1) is 0 Å². The Morgan fingerprint density at radius 2 is 1.96 bits per heavy atom. The number of fused-ring (bicyclic) bond motifs is 1. The molecule has 1 saturated carbocycles. The number of aryl methyl sites for hydroxylation is 1. The maximum absolute atomic E-state index is 11.7. The Hall–Kier alpha value is -2.77. The first-order valence-corrected chi connectivity index (χ1v) is 8.09. The molecule has 2 aromatic rings. The van der Waals surface area contributed by atoms with E-state index in [1.807, 2.05) is 17.0 Å². The zero-order valence-electron chi connectivity index (χ0n) is 13.5. The molecule has 1 aliphatic heterocycles.